The lowest BCUT2D eigenvalue weighted by Crippen LogP contribution is -2.23. The van der Waals surface area contributed by atoms with Crippen LogP contribution in [0.4, 0.5) is 0 Å². The number of carbonyl (C=O) groups excluding carboxylic acids is 1. The molecule has 0 amide bonds. The van der Waals surface area contributed by atoms with Gasteiger partial charge in [0.2, 0.25) is 0 Å². The van der Waals surface area contributed by atoms with Crippen LogP contribution in [0.5, 0.6) is 0 Å². The Balaban J connectivity index is 1.82. The molecule has 1 aromatic heterocycles. The number of hydrogen-bond donors (Lipinski definition) is 0. The summed E-state index contributed by atoms with van der Waals surface area (Å²) in [6.07, 6.45) is 2.08. The highest BCUT2D eigenvalue weighted by Gasteiger charge is 2.21. The molecular formula is C15H17NO2. The maximum Gasteiger partial charge on any atom is 0.302 e. The molecule has 1 aliphatic rings. The summed E-state index contributed by atoms with van der Waals surface area (Å²) in [6, 6.07) is 10.7. The minimum Gasteiger partial charge on any atom is -0.466 e. The van der Waals surface area contributed by atoms with Crippen LogP contribution in [-0.4, -0.2) is 17.1 Å². The minimum absolute atomic E-state index is 0.180. The molecule has 94 valence electrons. The summed E-state index contributed by atoms with van der Waals surface area (Å²) in [6.45, 7) is 3.05. The van der Waals surface area contributed by atoms with Crippen LogP contribution in [0, 0.1) is 5.92 Å². The first-order chi connectivity index (χ1) is 8.74. The molecule has 3 heteroatoms. The smallest absolute Gasteiger partial charge is 0.302 e. The van der Waals surface area contributed by atoms with Crippen molar-refractivity contribution < 1.29 is 9.53 Å². The van der Waals surface area contributed by atoms with E-state index in [1.54, 1.807) is 0 Å². The third-order valence-corrected chi connectivity index (χ3v) is 3.68. The van der Waals surface area contributed by atoms with Crippen LogP contribution in [-0.2, 0) is 22.5 Å². The summed E-state index contributed by atoms with van der Waals surface area (Å²) in [5.74, 6) is 0.284. The highest BCUT2D eigenvalue weighted by atomic mass is 16.5. The molecule has 2 aromatic rings. The summed E-state index contributed by atoms with van der Waals surface area (Å²) in [7, 11) is 0. The molecule has 0 radical (unpaired) electrons. The lowest BCUT2D eigenvalue weighted by molar-refractivity contribution is -0.142. The van der Waals surface area contributed by atoms with Gasteiger partial charge in [-0.1, -0.05) is 18.2 Å². The summed E-state index contributed by atoms with van der Waals surface area (Å²) in [5.41, 5.74) is 2.68. The topological polar surface area (TPSA) is 31.2 Å². The summed E-state index contributed by atoms with van der Waals surface area (Å²) in [4.78, 5) is 10.8. The second kappa shape index (κ2) is 4.48. The van der Waals surface area contributed by atoms with Gasteiger partial charge in [0, 0.05) is 30.6 Å². The maximum absolute atomic E-state index is 10.8. The van der Waals surface area contributed by atoms with E-state index in [4.69, 9.17) is 4.74 Å². The van der Waals surface area contributed by atoms with Crippen LogP contribution in [0.15, 0.2) is 30.3 Å². The van der Waals surface area contributed by atoms with Crippen molar-refractivity contribution in [2.24, 2.45) is 5.92 Å². The average molecular weight is 243 g/mol. The largest absolute Gasteiger partial charge is 0.466 e. The normalized spacial score (nSPS) is 18.6. The van der Waals surface area contributed by atoms with E-state index in [-0.39, 0.29) is 5.97 Å². The van der Waals surface area contributed by atoms with Gasteiger partial charge in [-0.05, 0) is 30.4 Å². The number of carbonyl (C=O) groups is 1. The Morgan fingerprint density at radius 3 is 3.11 bits per heavy atom. The monoisotopic (exact) mass is 243 g/mol. The molecule has 1 aliphatic heterocycles. The number of rotatable bonds is 2. The van der Waals surface area contributed by atoms with Crippen LogP contribution in [0.2, 0.25) is 0 Å². The van der Waals surface area contributed by atoms with Gasteiger partial charge in [-0.25, -0.2) is 0 Å². The van der Waals surface area contributed by atoms with E-state index in [0.29, 0.717) is 12.5 Å². The Morgan fingerprint density at radius 2 is 2.28 bits per heavy atom. The van der Waals surface area contributed by atoms with E-state index in [1.165, 1.54) is 23.5 Å². The molecule has 0 saturated carbocycles. The van der Waals surface area contributed by atoms with E-state index in [0.717, 1.165) is 19.4 Å². The molecule has 1 atom stereocenters. The van der Waals surface area contributed by atoms with Crippen LogP contribution in [0.25, 0.3) is 10.9 Å². The van der Waals surface area contributed by atoms with E-state index < -0.39 is 0 Å². The van der Waals surface area contributed by atoms with E-state index in [1.807, 2.05) is 0 Å². The van der Waals surface area contributed by atoms with Crippen molar-refractivity contribution in [2.75, 3.05) is 6.61 Å². The van der Waals surface area contributed by atoms with Gasteiger partial charge < -0.3 is 9.30 Å². The number of aromatic nitrogens is 1. The predicted octanol–water partition coefficient (Wildman–Crippen LogP) is 2.77. The van der Waals surface area contributed by atoms with Crippen molar-refractivity contribution in [1.29, 1.82) is 0 Å². The van der Waals surface area contributed by atoms with Gasteiger partial charge in [-0.3, -0.25) is 4.79 Å². The molecule has 2 heterocycles. The zero-order chi connectivity index (χ0) is 12.5. The Bertz CT molecular complexity index is 585. The molecule has 0 aliphatic carbocycles. The molecule has 0 N–H and O–H groups in total. The number of nitrogens with zero attached hydrogens (tertiary/aromatic N) is 1. The molecule has 18 heavy (non-hydrogen) atoms. The highest BCUT2D eigenvalue weighted by Crippen LogP contribution is 2.28. The van der Waals surface area contributed by atoms with Crippen molar-refractivity contribution in [2.45, 2.75) is 26.3 Å². The van der Waals surface area contributed by atoms with Crippen molar-refractivity contribution in [3.63, 3.8) is 0 Å². The summed E-state index contributed by atoms with van der Waals surface area (Å²) in [5, 5.41) is 1.31. The van der Waals surface area contributed by atoms with Crippen molar-refractivity contribution in [3.05, 3.63) is 36.0 Å². The Labute approximate surface area is 106 Å². The first-order valence-electron chi connectivity index (χ1n) is 6.44. The molecule has 0 bridgehead atoms. The molecule has 1 aromatic carbocycles. The number of fused-ring (bicyclic) bond motifs is 3. The Kier molecular flexibility index (Phi) is 2.82. The molecule has 0 unspecified atom stereocenters. The number of esters is 1. The van der Waals surface area contributed by atoms with Gasteiger partial charge in [0.15, 0.2) is 0 Å². The fourth-order valence-electron chi connectivity index (χ4n) is 2.79. The quantitative estimate of drug-likeness (QED) is 0.759. The maximum atomic E-state index is 10.8. The van der Waals surface area contributed by atoms with Crippen LogP contribution >= 0.6 is 0 Å². The number of aryl methyl sites for hydroxylation is 1. The predicted molar refractivity (Wildman–Crippen MR) is 70.4 cm³/mol. The first-order valence-corrected chi connectivity index (χ1v) is 6.44. The average Bonchev–Trinajstić information content (AvgIpc) is 2.73. The molecule has 3 nitrogen and oxygen atoms in total. The molecule has 3 rings (SSSR count). The second-order valence-electron chi connectivity index (χ2n) is 5.01. The third kappa shape index (κ3) is 2.01. The zero-order valence-corrected chi connectivity index (χ0v) is 10.6. The number of benzene rings is 1. The Morgan fingerprint density at radius 1 is 1.44 bits per heavy atom. The van der Waals surface area contributed by atoms with Gasteiger partial charge in [0.05, 0.1) is 6.61 Å². The minimum atomic E-state index is -0.180. The number of ether oxygens (including phenoxy) is 1. The van der Waals surface area contributed by atoms with E-state index in [9.17, 15) is 4.79 Å². The second-order valence-corrected chi connectivity index (χ2v) is 5.01. The third-order valence-electron chi connectivity index (χ3n) is 3.68. The van der Waals surface area contributed by atoms with Crippen LogP contribution < -0.4 is 0 Å². The first kappa shape index (κ1) is 11.3. The summed E-state index contributed by atoms with van der Waals surface area (Å²) >= 11 is 0. The fraction of sp³-hybridized carbons (Fsp3) is 0.400. The Hall–Kier alpha value is -1.77. The highest BCUT2D eigenvalue weighted by molar-refractivity contribution is 5.81. The van der Waals surface area contributed by atoms with E-state index >= 15 is 0 Å². The fourth-order valence-corrected chi connectivity index (χ4v) is 2.79. The van der Waals surface area contributed by atoms with Crippen LogP contribution in [0.1, 0.15) is 19.0 Å². The van der Waals surface area contributed by atoms with Gasteiger partial charge in [0.25, 0.3) is 0 Å². The van der Waals surface area contributed by atoms with Gasteiger partial charge in [-0.2, -0.15) is 0 Å². The number of hydrogen-bond acceptors (Lipinski definition) is 2. The van der Waals surface area contributed by atoms with Crippen molar-refractivity contribution in [3.8, 4) is 0 Å². The van der Waals surface area contributed by atoms with Crippen molar-refractivity contribution in [1.82, 2.24) is 4.57 Å². The molecular weight excluding hydrogens is 226 g/mol. The van der Waals surface area contributed by atoms with Gasteiger partial charge >= 0.3 is 5.97 Å². The van der Waals surface area contributed by atoms with Gasteiger partial charge in [0.1, 0.15) is 0 Å². The lowest BCUT2D eigenvalue weighted by Gasteiger charge is -2.24. The van der Waals surface area contributed by atoms with E-state index in [2.05, 4.69) is 34.9 Å². The molecule has 0 fully saturated rings. The van der Waals surface area contributed by atoms with Crippen molar-refractivity contribution >= 4 is 16.9 Å². The summed E-state index contributed by atoms with van der Waals surface area (Å²) < 4.78 is 7.51. The number of para-hydroxylation sites is 1. The molecule has 0 saturated heterocycles. The van der Waals surface area contributed by atoms with Crippen LogP contribution in [0.3, 0.4) is 0 Å². The standard InChI is InChI=1S/C15H17NO2/c1-11(17)18-10-12-6-7-16-14(8-12)9-13-4-2-3-5-15(13)16/h2-5,9,12H,6-8,10H2,1H3/t12-/m0/s1. The molecule has 0 spiro atoms. The lowest BCUT2D eigenvalue weighted by atomic mass is 9.97. The van der Waals surface area contributed by atoms with Gasteiger partial charge in [-0.15, -0.1) is 0 Å². The SMILES string of the molecule is CC(=O)OC[C@H]1CCn2c(cc3ccccc32)C1. The zero-order valence-electron chi connectivity index (χ0n) is 10.6.